The van der Waals surface area contributed by atoms with Gasteiger partial charge in [-0.05, 0) is 25.7 Å². The Kier molecular flexibility index (Phi) is 2.90. The van der Waals surface area contributed by atoms with E-state index in [0.29, 0.717) is 6.04 Å². The lowest BCUT2D eigenvalue weighted by Gasteiger charge is -2.41. The standard InChI is InChI=1S/C13H22N4/c14-9-13(7-4-8-13)12-16-15-10-17(12)11-5-2-1-3-6-11/h10-11H,1-9,14H2. The fourth-order valence-corrected chi connectivity index (χ4v) is 3.37. The molecule has 0 aliphatic heterocycles. The molecule has 17 heavy (non-hydrogen) atoms. The first-order chi connectivity index (χ1) is 8.36. The van der Waals surface area contributed by atoms with Gasteiger partial charge in [0.25, 0.3) is 0 Å². The summed E-state index contributed by atoms with van der Waals surface area (Å²) in [6, 6.07) is 0.623. The number of aromatic nitrogens is 3. The van der Waals surface area contributed by atoms with Crippen molar-refractivity contribution in [3.05, 3.63) is 12.2 Å². The van der Waals surface area contributed by atoms with Crippen molar-refractivity contribution in [1.82, 2.24) is 14.8 Å². The molecule has 0 amide bonds. The first kappa shape index (κ1) is 11.2. The maximum atomic E-state index is 5.98. The van der Waals surface area contributed by atoms with Gasteiger partial charge in [0.05, 0.1) is 0 Å². The molecule has 3 rings (SSSR count). The van der Waals surface area contributed by atoms with Crippen LogP contribution in [0.15, 0.2) is 6.33 Å². The molecule has 2 aliphatic rings. The van der Waals surface area contributed by atoms with Gasteiger partial charge in [-0.3, -0.25) is 0 Å². The highest BCUT2D eigenvalue weighted by Gasteiger charge is 2.42. The molecule has 0 atom stereocenters. The Morgan fingerprint density at radius 2 is 2.00 bits per heavy atom. The van der Waals surface area contributed by atoms with Gasteiger partial charge >= 0.3 is 0 Å². The number of hydrogen-bond donors (Lipinski definition) is 1. The molecule has 2 saturated carbocycles. The van der Waals surface area contributed by atoms with Crippen molar-refractivity contribution in [3.63, 3.8) is 0 Å². The van der Waals surface area contributed by atoms with Gasteiger partial charge in [0.15, 0.2) is 0 Å². The summed E-state index contributed by atoms with van der Waals surface area (Å²) in [6.45, 7) is 0.721. The molecule has 0 aromatic carbocycles. The highest BCUT2D eigenvalue weighted by molar-refractivity contribution is 5.15. The third kappa shape index (κ3) is 1.79. The normalized spacial score (nSPS) is 24.5. The van der Waals surface area contributed by atoms with Gasteiger partial charge in [-0.15, -0.1) is 10.2 Å². The van der Waals surface area contributed by atoms with Gasteiger partial charge < -0.3 is 10.3 Å². The Bertz CT molecular complexity index is 369. The number of nitrogens with zero attached hydrogens (tertiary/aromatic N) is 3. The molecule has 2 aliphatic carbocycles. The van der Waals surface area contributed by atoms with Crippen molar-refractivity contribution in [2.24, 2.45) is 5.73 Å². The van der Waals surface area contributed by atoms with E-state index in [0.717, 1.165) is 12.4 Å². The monoisotopic (exact) mass is 234 g/mol. The Hall–Kier alpha value is -0.900. The summed E-state index contributed by atoms with van der Waals surface area (Å²) in [6.07, 6.45) is 12.2. The average Bonchev–Trinajstić information content (AvgIpc) is 2.79. The molecule has 94 valence electrons. The van der Waals surface area contributed by atoms with Crippen LogP contribution in [0.25, 0.3) is 0 Å². The minimum Gasteiger partial charge on any atom is -0.329 e. The van der Waals surface area contributed by atoms with Crippen molar-refractivity contribution < 1.29 is 0 Å². The summed E-state index contributed by atoms with van der Waals surface area (Å²) in [5.74, 6) is 1.16. The van der Waals surface area contributed by atoms with Crippen LogP contribution in [0.1, 0.15) is 63.2 Å². The Morgan fingerprint density at radius 1 is 1.24 bits per heavy atom. The average molecular weight is 234 g/mol. The van der Waals surface area contributed by atoms with Crippen LogP contribution in [0.3, 0.4) is 0 Å². The van der Waals surface area contributed by atoms with E-state index in [1.807, 2.05) is 6.33 Å². The van der Waals surface area contributed by atoms with E-state index in [4.69, 9.17) is 5.73 Å². The summed E-state index contributed by atoms with van der Waals surface area (Å²) in [4.78, 5) is 0. The van der Waals surface area contributed by atoms with Crippen molar-refractivity contribution in [2.45, 2.75) is 62.8 Å². The molecule has 2 N–H and O–H groups in total. The number of rotatable bonds is 3. The zero-order valence-electron chi connectivity index (χ0n) is 10.4. The van der Waals surface area contributed by atoms with Crippen LogP contribution in [-0.2, 0) is 5.41 Å². The molecular formula is C13H22N4. The SMILES string of the molecule is NCC1(c2nncn2C2CCCCC2)CCC1. The van der Waals surface area contributed by atoms with Gasteiger partial charge in [0.2, 0.25) is 0 Å². The van der Waals surface area contributed by atoms with Crippen LogP contribution in [0.4, 0.5) is 0 Å². The summed E-state index contributed by atoms with van der Waals surface area (Å²) >= 11 is 0. The highest BCUT2D eigenvalue weighted by Crippen LogP contribution is 2.43. The molecule has 4 nitrogen and oxygen atoms in total. The fourth-order valence-electron chi connectivity index (χ4n) is 3.37. The minimum atomic E-state index is 0.147. The molecule has 4 heteroatoms. The second-order valence-electron chi connectivity index (χ2n) is 5.69. The molecular weight excluding hydrogens is 212 g/mol. The molecule has 1 heterocycles. The van der Waals surface area contributed by atoms with E-state index in [1.165, 1.54) is 51.4 Å². The summed E-state index contributed by atoms with van der Waals surface area (Å²) < 4.78 is 2.34. The smallest absolute Gasteiger partial charge is 0.140 e. The van der Waals surface area contributed by atoms with Crippen LogP contribution in [0, 0.1) is 0 Å². The lowest BCUT2D eigenvalue weighted by atomic mass is 9.68. The van der Waals surface area contributed by atoms with Crippen LogP contribution >= 0.6 is 0 Å². The molecule has 0 bridgehead atoms. The van der Waals surface area contributed by atoms with Crippen LogP contribution in [-0.4, -0.2) is 21.3 Å². The quantitative estimate of drug-likeness (QED) is 0.872. The third-order valence-electron chi connectivity index (χ3n) is 4.72. The minimum absolute atomic E-state index is 0.147. The largest absolute Gasteiger partial charge is 0.329 e. The predicted octanol–water partition coefficient (Wildman–Crippen LogP) is 2.16. The first-order valence-electron chi connectivity index (χ1n) is 6.96. The molecule has 1 aromatic heterocycles. The number of hydrogen-bond acceptors (Lipinski definition) is 3. The maximum absolute atomic E-state index is 5.98. The molecule has 0 saturated heterocycles. The van der Waals surface area contributed by atoms with Crippen LogP contribution in [0.5, 0.6) is 0 Å². The van der Waals surface area contributed by atoms with E-state index in [9.17, 15) is 0 Å². The van der Waals surface area contributed by atoms with Gasteiger partial charge in [0.1, 0.15) is 12.2 Å². The van der Waals surface area contributed by atoms with Crippen molar-refractivity contribution in [3.8, 4) is 0 Å². The Labute approximate surface area is 103 Å². The predicted molar refractivity (Wildman–Crippen MR) is 66.7 cm³/mol. The van der Waals surface area contributed by atoms with E-state index < -0.39 is 0 Å². The second kappa shape index (κ2) is 4.41. The van der Waals surface area contributed by atoms with Crippen LogP contribution in [0.2, 0.25) is 0 Å². The fraction of sp³-hybridized carbons (Fsp3) is 0.846. The summed E-state index contributed by atoms with van der Waals surface area (Å²) in [5.41, 5.74) is 6.12. The lowest BCUT2D eigenvalue weighted by molar-refractivity contribution is 0.216. The van der Waals surface area contributed by atoms with E-state index in [-0.39, 0.29) is 5.41 Å². The Morgan fingerprint density at radius 3 is 2.59 bits per heavy atom. The molecule has 2 fully saturated rings. The highest BCUT2D eigenvalue weighted by atomic mass is 15.3. The number of nitrogens with two attached hydrogens (primary N) is 1. The van der Waals surface area contributed by atoms with Crippen LogP contribution < -0.4 is 5.73 Å². The second-order valence-corrected chi connectivity index (χ2v) is 5.69. The summed E-state index contributed by atoms with van der Waals surface area (Å²) in [5, 5.41) is 8.54. The Balaban J connectivity index is 1.87. The van der Waals surface area contributed by atoms with E-state index >= 15 is 0 Å². The summed E-state index contributed by atoms with van der Waals surface area (Å²) in [7, 11) is 0. The van der Waals surface area contributed by atoms with Gasteiger partial charge in [0, 0.05) is 18.0 Å². The zero-order valence-corrected chi connectivity index (χ0v) is 10.4. The van der Waals surface area contributed by atoms with Crippen molar-refractivity contribution in [2.75, 3.05) is 6.54 Å². The van der Waals surface area contributed by atoms with Crippen molar-refractivity contribution in [1.29, 1.82) is 0 Å². The van der Waals surface area contributed by atoms with Crippen molar-refractivity contribution >= 4 is 0 Å². The zero-order chi connectivity index (χ0) is 11.7. The third-order valence-corrected chi connectivity index (χ3v) is 4.72. The van der Waals surface area contributed by atoms with Gasteiger partial charge in [-0.25, -0.2) is 0 Å². The molecule has 1 aromatic rings. The first-order valence-corrected chi connectivity index (χ1v) is 6.96. The van der Waals surface area contributed by atoms with Gasteiger partial charge in [-0.1, -0.05) is 25.7 Å². The lowest BCUT2D eigenvalue weighted by Crippen LogP contribution is -2.44. The molecule has 0 radical (unpaired) electrons. The van der Waals surface area contributed by atoms with E-state index in [1.54, 1.807) is 0 Å². The van der Waals surface area contributed by atoms with Gasteiger partial charge in [-0.2, -0.15) is 0 Å². The van der Waals surface area contributed by atoms with E-state index in [2.05, 4.69) is 14.8 Å². The maximum Gasteiger partial charge on any atom is 0.140 e. The molecule has 0 unspecified atom stereocenters. The molecule has 0 spiro atoms. The topological polar surface area (TPSA) is 56.7 Å².